The van der Waals surface area contributed by atoms with Gasteiger partial charge in [0.05, 0.1) is 6.54 Å². The van der Waals surface area contributed by atoms with E-state index in [0.29, 0.717) is 13.0 Å². The summed E-state index contributed by atoms with van der Waals surface area (Å²) in [7, 11) is 0. The minimum atomic E-state index is -0.657. The maximum atomic E-state index is 9.99. The Balaban J connectivity index is 3.54. The number of rotatable bonds is 4. The maximum absolute atomic E-state index is 9.99. The summed E-state index contributed by atoms with van der Waals surface area (Å²) < 4.78 is 0. The molecule has 0 saturated carbocycles. The highest BCUT2D eigenvalue weighted by Gasteiger charge is 2.15. The standard InChI is InChI=1S/C4H11N3O2/c5-2-1-4(3-6)7(8)9/h4H,1-3,5-6H2. The lowest BCUT2D eigenvalue weighted by Crippen LogP contribution is -2.30. The summed E-state index contributed by atoms with van der Waals surface area (Å²) in [6.45, 7) is 0.396. The van der Waals surface area contributed by atoms with Gasteiger partial charge in [-0.2, -0.15) is 0 Å². The van der Waals surface area contributed by atoms with Gasteiger partial charge in [0, 0.05) is 11.3 Å². The summed E-state index contributed by atoms with van der Waals surface area (Å²) in [4.78, 5) is 9.59. The van der Waals surface area contributed by atoms with E-state index in [1.54, 1.807) is 0 Å². The van der Waals surface area contributed by atoms with Crippen molar-refractivity contribution in [2.75, 3.05) is 13.1 Å². The zero-order valence-electron chi connectivity index (χ0n) is 5.12. The quantitative estimate of drug-likeness (QED) is 0.377. The van der Waals surface area contributed by atoms with Crippen LogP contribution in [0.3, 0.4) is 0 Å². The van der Waals surface area contributed by atoms with Gasteiger partial charge in [-0.3, -0.25) is 10.1 Å². The highest BCUT2D eigenvalue weighted by atomic mass is 16.6. The molecule has 0 aliphatic carbocycles. The Labute approximate surface area is 53.2 Å². The van der Waals surface area contributed by atoms with Crippen molar-refractivity contribution < 1.29 is 4.92 Å². The zero-order valence-corrected chi connectivity index (χ0v) is 5.12. The van der Waals surface area contributed by atoms with Crippen LogP contribution in [-0.4, -0.2) is 24.1 Å². The van der Waals surface area contributed by atoms with E-state index in [1.165, 1.54) is 0 Å². The highest BCUT2D eigenvalue weighted by Crippen LogP contribution is 1.90. The van der Waals surface area contributed by atoms with Gasteiger partial charge in [-0.25, -0.2) is 0 Å². The largest absolute Gasteiger partial charge is 0.330 e. The van der Waals surface area contributed by atoms with Crippen molar-refractivity contribution in [3.05, 3.63) is 10.1 Å². The van der Waals surface area contributed by atoms with Crippen molar-refractivity contribution in [2.24, 2.45) is 11.5 Å². The molecule has 0 aromatic rings. The van der Waals surface area contributed by atoms with Gasteiger partial charge in [-0.1, -0.05) is 0 Å². The second-order valence-corrected chi connectivity index (χ2v) is 1.75. The molecule has 0 aliphatic rings. The van der Waals surface area contributed by atoms with Gasteiger partial charge < -0.3 is 11.5 Å². The Morgan fingerprint density at radius 1 is 1.56 bits per heavy atom. The van der Waals surface area contributed by atoms with Gasteiger partial charge in [0.15, 0.2) is 0 Å². The van der Waals surface area contributed by atoms with Gasteiger partial charge in [-0.15, -0.1) is 0 Å². The molecule has 0 spiro atoms. The second kappa shape index (κ2) is 4.22. The molecule has 5 nitrogen and oxygen atoms in total. The maximum Gasteiger partial charge on any atom is 0.226 e. The van der Waals surface area contributed by atoms with E-state index < -0.39 is 11.0 Å². The van der Waals surface area contributed by atoms with E-state index >= 15 is 0 Å². The molecule has 0 saturated heterocycles. The number of hydrogen-bond acceptors (Lipinski definition) is 4. The van der Waals surface area contributed by atoms with E-state index in [4.69, 9.17) is 11.5 Å². The molecule has 0 aromatic heterocycles. The van der Waals surface area contributed by atoms with Crippen molar-refractivity contribution >= 4 is 0 Å². The van der Waals surface area contributed by atoms with Gasteiger partial charge >= 0.3 is 0 Å². The van der Waals surface area contributed by atoms with Crippen LogP contribution >= 0.6 is 0 Å². The fourth-order valence-electron chi connectivity index (χ4n) is 0.502. The number of nitro groups is 1. The summed E-state index contributed by atoms with van der Waals surface area (Å²) >= 11 is 0. The molecule has 0 fully saturated rings. The van der Waals surface area contributed by atoms with E-state index in [9.17, 15) is 10.1 Å². The van der Waals surface area contributed by atoms with E-state index in [0.717, 1.165) is 0 Å². The van der Waals surface area contributed by atoms with Crippen LogP contribution in [0, 0.1) is 10.1 Å². The highest BCUT2D eigenvalue weighted by molar-refractivity contribution is 4.56. The average molecular weight is 133 g/mol. The lowest BCUT2D eigenvalue weighted by atomic mass is 10.2. The molecule has 9 heavy (non-hydrogen) atoms. The summed E-state index contributed by atoms with van der Waals surface area (Å²) in [5.74, 6) is 0. The summed E-state index contributed by atoms with van der Waals surface area (Å²) in [5.41, 5.74) is 10.1. The van der Waals surface area contributed by atoms with Crippen molar-refractivity contribution in [1.29, 1.82) is 0 Å². The Bertz CT molecular complexity index is 95.8. The van der Waals surface area contributed by atoms with Crippen molar-refractivity contribution in [2.45, 2.75) is 12.5 Å². The molecule has 0 bridgehead atoms. The normalized spacial score (nSPS) is 13.1. The second-order valence-electron chi connectivity index (χ2n) is 1.75. The number of nitrogens with two attached hydrogens (primary N) is 2. The van der Waals surface area contributed by atoms with Crippen LogP contribution < -0.4 is 11.5 Å². The van der Waals surface area contributed by atoms with Gasteiger partial charge in [0.2, 0.25) is 6.04 Å². The molecule has 5 heteroatoms. The Morgan fingerprint density at radius 3 is 2.22 bits per heavy atom. The predicted octanol–water partition coefficient (Wildman–Crippen LogP) is -1.06. The fourth-order valence-corrected chi connectivity index (χ4v) is 0.502. The first kappa shape index (κ1) is 8.32. The molecule has 4 N–H and O–H groups in total. The Morgan fingerprint density at radius 2 is 2.11 bits per heavy atom. The molecule has 0 aromatic carbocycles. The third-order valence-corrected chi connectivity index (χ3v) is 1.07. The third-order valence-electron chi connectivity index (χ3n) is 1.07. The van der Waals surface area contributed by atoms with E-state index in [1.807, 2.05) is 0 Å². The Kier molecular flexibility index (Phi) is 3.90. The van der Waals surface area contributed by atoms with Crippen molar-refractivity contribution in [3.8, 4) is 0 Å². The molecule has 0 radical (unpaired) electrons. The van der Waals surface area contributed by atoms with Crippen LogP contribution in [0.25, 0.3) is 0 Å². The van der Waals surface area contributed by atoms with Crippen LogP contribution in [0.2, 0.25) is 0 Å². The van der Waals surface area contributed by atoms with Crippen LogP contribution in [0.15, 0.2) is 0 Å². The molecule has 1 atom stereocenters. The number of nitrogens with zero attached hydrogens (tertiary/aromatic N) is 1. The predicted molar refractivity (Wildman–Crippen MR) is 33.5 cm³/mol. The first-order chi connectivity index (χ1) is 4.22. The van der Waals surface area contributed by atoms with Crippen LogP contribution in [0.5, 0.6) is 0 Å². The molecular formula is C4H11N3O2. The lowest BCUT2D eigenvalue weighted by molar-refractivity contribution is -0.519. The summed E-state index contributed by atoms with van der Waals surface area (Å²) in [6, 6.07) is -0.657. The zero-order chi connectivity index (χ0) is 7.28. The van der Waals surface area contributed by atoms with E-state index in [2.05, 4.69) is 0 Å². The van der Waals surface area contributed by atoms with Gasteiger partial charge in [-0.05, 0) is 6.54 Å². The number of hydrogen-bond donors (Lipinski definition) is 2. The molecule has 0 heterocycles. The van der Waals surface area contributed by atoms with Crippen molar-refractivity contribution in [3.63, 3.8) is 0 Å². The molecule has 54 valence electrons. The van der Waals surface area contributed by atoms with Crippen LogP contribution in [0.4, 0.5) is 0 Å². The molecule has 0 aliphatic heterocycles. The lowest BCUT2D eigenvalue weighted by Gasteiger charge is -2.02. The monoisotopic (exact) mass is 133 g/mol. The molecular weight excluding hydrogens is 122 g/mol. The molecule has 0 amide bonds. The minimum Gasteiger partial charge on any atom is -0.330 e. The molecule has 1 unspecified atom stereocenters. The summed E-state index contributed by atoms with van der Waals surface area (Å²) in [6.07, 6.45) is 0.365. The first-order valence-corrected chi connectivity index (χ1v) is 2.76. The Hall–Kier alpha value is -0.680. The first-order valence-electron chi connectivity index (χ1n) is 2.76. The van der Waals surface area contributed by atoms with Crippen LogP contribution in [-0.2, 0) is 0 Å². The SMILES string of the molecule is NCCC(CN)[N+](=O)[O-]. The van der Waals surface area contributed by atoms with Crippen LogP contribution in [0.1, 0.15) is 6.42 Å². The topological polar surface area (TPSA) is 95.2 Å². The van der Waals surface area contributed by atoms with Gasteiger partial charge in [0.1, 0.15) is 0 Å². The smallest absolute Gasteiger partial charge is 0.226 e. The summed E-state index contributed by atoms with van der Waals surface area (Å²) in [5, 5.41) is 9.99. The molecule has 0 rings (SSSR count). The fraction of sp³-hybridized carbons (Fsp3) is 1.00. The minimum absolute atomic E-state index is 0.0736. The third kappa shape index (κ3) is 2.99. The van der Waals surface area contributed by atoms with Crippen molar-refractivity contribution in [1.82, 2.24) is 0 Å². The van der Waals surface area contributed by atoms with Gasteiger partial charge in [0.25, 0.3) is 0 Å². The average Bonchev–Trinajstić information content (AvgIpc) is 1.82. The van der Waals surface area contributed by atoms with E-state index in [-0.39, 0.29) is 6.54 Å².